The van der Waals surface area contributed by atoms with Gasteiger partial charge in [0.05, 0.1) is 20.5 Å². The summed E-state index contributed by atoms with van der Waals surface area (Å²) in [6, 6.07) is 0.776. The number of Topliss-reactive ketones (excluding diaryl/α,β-unsaturated/α-hetero) is 1. The van der Waals surface area contributed by atoms with E-state index in [-0.39, 0.29) is 14.7 Å². The lowest BCUT2D eigenvalue weighted by Gasteiger charge is -2.27. The molecule has 1 unspecified atom stereocenters. The number of thioether (sulfide) groups is 1. The van der Waals surface area contributed by atoms with Crippen LogP contribution in [0.1, 0.15) is 5.56 Å². The molecular formula is C11H9N3O6S2-2. The minimum Gasteiger partial charge on any atom is -0.871 e. The van der Waals surface area contributed by atoms with Gasteiger partial charge in [-0.15, -0.1) is 5.23 Å². The van der Waals surface area contributed by atoms with Gasteiger partial charge in [-0.1, -0.05) is 29.7 Å². The van der Waals surface area contributed by atoms with Gasteiger partial charge in [-0.2, -0.15) is 0 Å². The molecule has 0 spiro atoms. The predicted octanol–water partition coefficient (Wildman–Crippen LogP) is 0.350. The monoisotopic (exact) mass is 343 g/mol. The lowest BCUT2D eigenvalue weighted by molar-refractivity contribution is -0.268. The van der Waals surface area contributed by atoms with Crippen molar-refractivity contribution in [3.8, 4) is 5.75 Å². The van der Waals surface area contributed by atoms with Gasteiger partial charge < -0.3 is 21.3 Å². The predicted molar refractivity (Wildman–Crippen MR) is 80.7 cm³/mol. The molecule has 1 aliphatic rings. The van der Waals surface area contributed by atoms with Crippen molar-refractivity contribution in [1.82, 2.24) is 0 Å². The Morgan fingerprint density at radius 2 is 2.00 bits per heavy atom. The minimum absolute atomic E-state index is 0.0792. The molecule has 0 aromatic heterocycles. The van der Waals surface area contributed by atoms with Crippen LogP contribution < -0.4 is 21.3 Å². The summed E-state index contributed by atoms with van der Waals surface area (Å²) in [4.78, 5) is 11.9. The van der Waals surface area contributed by atoms with Crippen molar-refractivity contribution in [2.75, 3.05) is 10.5 Å². The molecule has 1 saturated heterocycles. The zero-order valence-electron chi connectivity index (χ0n) is 10.7. The van der Waals surface area contributed by atoms with E-state index in [9.17, 15) is 15.1 Å². The third kappa shape index (κ3) is 3.05. The molecule has 5 N–H and O–H groups in total. The zero-order valence-corrected chi connectivity index (χ0v) is 12.3. The fourth-order valence-electron chi connectivity index (χ4n) is 1.71. The molecule has 0 amide bonds. The molecule has 0 radical (unpaired) electrons. The molecule has 22 heavy (non-hydrogen) atoms. The maximum atomic E-state index is 12.0. The molecule has 118 valence electrons. The maximum absolute atomic E-state index is 12.0. The molecule has 11 heteroatoms. The first-order valence-corrected chi connectivity index (χ1v) is 6.87. The largest absolute Gasteiger partial charge is 0.871 e. The molecule has 1 atom stereocenters. The summed E-state index contributed by atoms with van der Waals surface area (Å²) in [6.07, 6.45) is 1.12. The first-order chi connectivity index (χ1) is 10.2. The lowest BCUT2D eigenvalue weighted by Crippen LogP contribution is -2.30. The maximum Gasteiger partial charge on any atom is 0.192 e. The molecule has 1 fully saturated rings. The molecule has 1 aliphatic heterocycles. The van der Waals surface area contributed by atoms with E-state index in [0.717, 1.165) is 30.0 Å². The normalized spacial score (nSPS) is 19.9. The molecule has 0 saturated carbocycles. The Morgan fingerprint density at radius 1 is 1.36 bits per heavy atom. The number of carbonyl (C=O) groups is 1. The van der Waals surface area contributed by atoms with Crippen molar-refractivity contribution in [2.45, 2.75) is 6.04 Å². The second kappa shape index (κ2) is 6.18. The first-order valence-electron chi connectivity index (χ1n) is 5.64. The molecule has 0 bridgehead atoms. The van der Waals surface area contributed by atoms with Crippen LogP contribution in [0.5, 0.6) is 5.75 Å². The van der Waals surface area contributed by atoms with E-state index in [1.165, 1.54) is 0 Å². The fourth-order valence-corrected chi connectivity index (χ4v) is 2.95. The van der Waals surface area contributed by atoms with Crippen molar-refractivity contribution >= 4 is 51.4 Å². The minimum atomic E-state index is -0.968. The van der Waals surface area contributed by atoms with Crippen molar-refractivity contribution in [3.05, 3.63) is 27.8 Å². The summed E-state index contributed by atoms with van der Waals surface area (Å²) in [7, 11) is 0. The van der Waals surface area contributed by atoms with Gasteiger partial charge in [-0.25, -0.2) is 0 Å². The van der Waals surface area contributed by atoms with E-state index in [1.54, 1.807) is 0 Å². The van der Waals surface area contributed by atoms with Crippen molar-refractivity contribution in [2.24, 2.45) is 5.73 Å². The van der Waals surface area contributed by atoms with Gasteiger partial charge >= 0.3 is 0 Å². The molecule has 9 nitrogen and oxygen atoms in total. The summed E-state index contributed by atoms with van der Waals surface area (Å²) in [5.74, 6) is -1.36. The second-order valence-electron chi connectivity index (χ2n) is 4.22. The van der Waals surface area contributed by atoms with Gasteiger partial charge in [0.1, 0.15) is 6.04 Å². The lowest BCUT2D eigenvalue weighted by atomic mass is 10.1. The average Bonchev–Trinajstić information content (AvgIpc) is 2.68. The Hall–Kier alpha value is -1.73. The van der Waals surface area contributed by atoms with Crippen LogP contribution in [0.15, 0.2) is 17.0 Å². The highest BCUT2D eigenvalue weighted by Gasteiger charge is 2.32. The Kier molecular flexibility index (Phi) is 4.67. The number of ketones is 1. The summed E-state index contributed by atoms with van der Waals surface area (Å²) in [5.41, 5.74) is 4.21. The highest BCUT2D eigenvalue weighted by atomic mass is 32.2. The Morgan fingerprint density at radius 3 is 2.45 bits per heavy atom. The quantitative estimate of drug-likeness (QED) is 0.341. The van der Waals surface area contributed by atoms with Crippen LogP contribution in [0, 0.1) is 5.21 Å². The molecule has 2 rings (SSSR count). The summed E-state index contributed by atoms with van der Waals surface area (Å²) < 4.78 is 0.235. The van der Waals surface area contributed by atoms with Crippen LogP contribution in [0.2, 0.25) is 0 Å². The number of nitrogens with two attached hydrogens (primary N) is 1. The van der Waals surface area contributed by atoms with E-state index in [4.69, 9.17) is 33.6 Å². The summed E-state index contributed by atoms with van der Waals surface area (Å²) in [6.45, 7) is 0. The SMILES string of the molecule is NC1C(=O)/C(=C\c2cc(N([O-])O)cc(N(O)O)c2[O-])SC1=S. The zero-order chi connectivity index (χ0) is 16.6. The van der Waals surface area contributed by atoms with E-state index in [2.05, 4.69) is 0 Å². The fraction of sp³-hybridized carbons (Fsp3) is 0.0909. The van der Waals surface area contributed by atoms with Crippen LogP contribution in [-0.2, 0) is 4.79 Å². The number of hydrogen-bond donors (Lipinski definition) is 4. The van der Waals surface area contributed by atoms with Gasteiger partial charge in [0.2, 0.25) is 0 Å². The Bertz CT molecular complexity index is 676. The van der Waals surface area contributed by atoms with Crippen molar-refractivity contribution in [3.63, 3.8) is 0 Å². The number of carbonyl (C=O) groups excluding carboxylic acids is 1. The van der Waals surface area contributed by atoms with E-state index < -0.39 is 39.4 Å². The average molecular weight is 343 g/mol. The van der Waals surface area contributed by atoms with Crippen LogP contribution in [0.25, 0.3) is 6.08 Å². The standard InChI is InChI=1S/C11H10N3O6S2/c12-8-10(16)7(22-11(8)21)2-4-1-5(13(17)18)3-6(9(4)15)14(19)20/h1-3,8,15,17,19-20H,12H2/q-1/p-1/b7-2+. The van der Waals surface area contributed by atoms with Gasteiger partial charge in [0.15, 0.2) is 5.78 Å². The number of benzene rings is 1. The third-order valence-corrected chi connectivity index (χ3v) is 4.29. The molecule has 1 aromatic rings. The highest BCUT2D eigenvalue weighted by molar-refractivity contribution is 8.27. The van der Waals surface area contributed by atoms with E-state index in [0.29, 0.717) is 0 Å². The summed E-state index contributed by atoms with van der Waals surface area (Å²) >= 11 is 5.79. The Balaban J connectivity index is 2.55. The van der Waals surface area contributed by atoms with Gasteiger partial charge in [-0.3, -0.25) is 20.4 Å². The molecule has 1 heterocycles. The highest BCUT2D eigenvalue weighted by Crippen LogP contribution is 2.37. The number of thiocarbonyl (C=S) groups is 1. The molecule has 1 aromatic carbocycles. The van der Waals surface area contributed by atoms with Gasteiger partial charge in [0.25, 0.3) is 0 Å². The van der Waals surface area contributed by atoms with Crippen LogP contribution >= 0.6 is 24.0 Å². The number of hydrogen-bond acceptors (Lipinski definition) is 11. The second-order valence-corrected chi connectivity index (χ2v) is 6.00. The smallest absolute Gasteiger partial charge is 0.192 e. The van der Waals surface area contributed by atoms with Crippen LogP contribution in [-0.4, -0.2) is 31.6 Å². The van der Waals surface area contributed by atoms with Gasteiger partial charge in [-0.05, 0) is 23.8 Å². The molecule has 0 aliphatic carbocycles. The van der Waals surface area contributed by atoms with Gasteiger partial charge in [0, 0.05) is 0 Å². The van der Waals surface area contributed by atoms with Crippen molar-refractivity contribution in [1.29, 1.82) is 0 Å². The Labute approximate surface area is 133 Å². The van der Waals surface area contributed by atoms with Crippen molar-refractivity contribution < 1.29 is 25.5 Å². The molecular weight excluding hydrogens is 334 g/mol. The number of nitrogens with zero attached hydrogens (tertiary/aromatic N) is 2. The topological polar surface area (TPSA) is 156 Å². The third-order valence-electron chi connectivity index (χ3n) is 2.80. The number of anilines is 2. The van der Waals surface area contributed by atoms with E-state index >= 15 is 0 Å². The first kappa shape index (κ1) is 16.6. The summed E-state index contributed by atoms with van der Waals surface area (Å²) in [5, 5.41) is 48.8. The van der Waals surface area contributed by atoms with Crippen LogP contribution in [0.3, 0.4) is 0 Å². The number of rotatable bonds is 3. The van der Waals surface area contributed by atoms with Crippen LogP contribution in [0.4, 0.5) is 11.4 Å². The van der Waals surface area contributed by atoms with E-state index in [1.807, 2.05) is 0 Å².